The van der Waals surface area contributed by atoms with Gasteiger partial charge in [-0.1, -0.05) is 12.1 Å². The van der Waals surface area contributed by atoms with E-state index >= 15 is 0 Å². The molecule has 2 aromatic heterocycles. The number of carbonyl (C=O) groups is 1. The minimum Gasteiger partial charge on any atom is -0.406 e. The second kappa shape index (κ2) is 8.04. The van der Waals surface area contributed by atoms with Gasteiger partial charge in [0, 0.05) is 23.4 Å². The van der Waals surface area contributed by atoms with E-state index in [0.717, 1.165) is 11.8 Å². The summed E-state index contributed by atoms with van der Waals surface area (Å²) in [6, 6.07) is 10.5. The van der Waals surface area contributed by atoms with E-state index in [0.29, 0.717) is 28.0 Å². The number of halogens is 1. The molecule has 1 amide bonds. The van der Waals surface area contributed by atoms with Crippen LogP contribution in [0, 0.1) is 19.7 Å². The first-order chi connectivity index (χ1) is 15.1. The molecular formula is C22H19FN4O4S. The molecule has 0 fully saturated rings. The number of hydrogen-bond donors (Lipinski definition) is 1. The van der Waals surface area contributed by atoms with Gasteiger partial charge in [0.15, 0.2) is 21.4 Å². The van der Waals surface area contributed by atoms with E-state index in [9.17, 15) is 17.6 Å². The number of nitrogens with one attached hydrogen (secondary N) is 1. The molecule has 0 atom stereocenters. The van der Waals surface area contributed by atoms with Gasteiger partial charge >= 0.3 is 6.09 Å². The van der Waals surface area contributed by atoms with Crippen LogP contribution >= 0.6 is 0 Å². The molecule has 0 aliphatic carbocycles. The Balaban J connectivity index is 1.54. The largest absolute Gasteiger partial charge is 0.432 e. The van der Waals surface area contributed by atoms with Crippen LogP contribution in [0.2, 0.25) is 0 Å². The number of rotatable bonds is 4. The normalized spacial score (nSPS) is 11.5. The van der Waals surface area contributed by atoms with Crippen molar-refractivity contribution >= 4 is 26.8 Å². The number of sulfone groups is 1. The quantitative estimate of drug-likeness (QED) is 0.500. The molecule has 0 spiro atoms. The van der Waals surface area contributed by atoms with Gasteiger partial charge in [0.25, 0.3) is 0 Å². The van der Waals surface area contributed by atoms with Gasteiger partial charge in [0.05, 0.1) is 22.3 Å². The van der Waals surface area contributed by atoms with E-state index in [4.69, 9.17) is 4.74 Å². The Kier molecular flexibility index (Phi) is 5.39. The first kappa shape index (κ1) is 21.4. The second-order valence-corrected chi connectivity index (χ2v) is 9.30. The van der Waals surface area contributed by atoms with Crippen molar-refractivity contribution in [2.24, 2.45) is 0 Å². The highest BCUT2D eigenvalue weighted by molar-refractivity contribution is 7.90. The third kappa shape index (κ3) is 4.30. The summed E-state index contributed by atoms with van der Waals surface area (Å²) in [6.45, 7) is 3.45. The minimum atomic E-state index is -3.35. The number of hydrogen-bond acceptors (Lipinski definition) is 6. The van der Waals surface area contributed by atoms with Crippen LogP contribution in [0.15, 0.2) is 59.8 Å². The standard InChI is InChI=1S/C22H19FN4O4S/c1-13-12-27(19-8-7-17(10-18(13)19)32(3,29)30)26-22(28)31-20-11-24-21(25-14(20)2)15-5-4-6-16(23)9-15/h4-12H,1-3H3,(H,26,28). The summed E-state index contributed by atoms with van der Waals surface area (Å²) < 4.78 is 43.9. The van der Waals surface area contributed by atoms with Gasteiger partial charge < -0.3 is 4.74 Å². The van der Waals surface area contributed by atoms with Crippen molar-refractivity contribution in [2.75, 3.05) is 11.7 Å². The summed E-state index contributed by atoms with van der Waals surface area (Å²) in [5.74, 6) is 0.0556. The van der Waals surface area contributed by atoms with Crippen LogP contribution in [0.3, 0.4) is 0 Å². The Morgan fingerprint density at radius 2 is 1.94 bits per heavy atom. The van der Waals surface area contributed by atoms with Crippen molar-refractivity contribution in [1.82, 2.24) is 14.6 Å². The minimum absolute atomic E-state index is 0.148. The molecule has 2 aromatic carbocycles. The summed E-state index contributed by atoms with van der Waals surface area (Å²) in [6.07, 6.45) is 3.37. The van der Waals surface area contributed by atoms with Crippen LogP contribution in [0.5, 0.6) is 5.75 Å². The number of amides is 1. The monoisotopic (exact) mass is 454 g/mol. The molecule has 4 rings (SSSR count). The third-order valence-corrected chi connectivity index (χ3v) is 5.95. The third-order valence-electron chi connectivity index (χ3n) is 4.83. The number of benzene rings is 2. The number of aryl methyl sites for hydroxylation is 2. The van der Waals surface area contributed by atoms with Gasteiger partial charge in [0.2, 0.25) is 0 Å². The van der Waals surface area contributed by atoms with E-state index < -0.39 is 21.7 Å². The topological polar surface area (TPSA) is 103 Å². The second-order valence-electron chi connectivity index (χ2n) is 7.29. The van der Waals surface area contributed by atoms with Gasteiger partial charge in [-0.05, 0) is 49.7 Å². The lowest BCUT2D eigenvalue weighted by Crippen LogP contribution is -2.25. The van der Waals surface area contributed by atoms with Crippen LogP contribution in [-0.2, 0) is 9.84 Å². The van der Waals surface area contributed by atoms with Gasteiger partial charge in [-0.2, -0.15) is 0 Å². The highest BCUT2D eigenvalue weighted by atomic mass is 32.2. The maximum Gasteiger partial charge on any atom is 0.432 e. The van der Waals surface area contributed by atoms with Crippen LogP contribution < -0.4 is 10.2 Å². The zero-order chi connectivity index (χ0) is 23.0. The Hall–Kier alpha value is -3.79. The Bertz CT molecular complexity index is 1460. The highest BCUT2D eigenvalue weighted by Crippen LogP contribution is 2.24. The predicted molar refractivity (Wildman–Crippen MR) is 117 cm³/mol. The SMILES string of the molecule is Cc1nc(-c2cccc(F)c2)ncc1OC(=O)Nn1cc(C)c2cc(S(C)(=O)=O)ccc21. The molecule has 8 nitrogen and oxygen atoms in total. The lowest BCUT2D eigenvalue weighted by atomic mass is 10.2. The maximum absolute atomic E-state index is 13.4. The molecular weight excluding hydrogens is 435 g/mol. The fraction of sp³-hybridized carbons (Fsp3) is 0.136. The maximum atomic E-state index is 13.4. The molecule has 1 N–H and O–H groups in total. The smallest absolute Gasteiger partial charge is 0.406 e. The molecule has 0 bridgehead atoms. The number of nitrogens with zero attached hydrogens (tertiary/aromatic N) is 3. The first-order valence-electron chi connectivity index (χ1n) is 9.52. The molecule has 2 heterocycles. The van der Waals surface area contributed by atoms with E-state index in [1.165, 1.54) is 29.1 Å². The lowest BCUT2D eigenvalue weighted by molar-refractivity contribution is 0.211. The molecule has 0 radical (unpaired) electrons. The zero-order valence-corrected chi connectivity index (χ0v) is 18.3. The molecule has 0 saturated carbocycles. The average Bonchev–Trinajstić information content (AvgIpc) is 3.03. The Morgan fingerprint density at radius 1 is 1.16 bits per heavy atom. The van der Waals surface area contributed by atoms with Gasteiger partial charge in [-0.3, -0.25) is 4.68 Å². The molecule has 32 heavy (non-hydrogen) atoms. The molecule has 164 valence electrons. The summed E-state index contributed by atoms with van der Waals surface area (Å²) in [5, 5.41) is 0.687. The molecule has 0 unspecified atom stereocenters. The Morgan fingerprint density at radius 3 is 2.62 bits per heavy atom. The molecule has 0 saturated heterocycles. The predicted octanol–water partition coefficient (Wildman–Crippen LogP) is 4.00. The zero-order valence-electron chi connectivity index (χ0n) is 17.5. The van der Waals surface area contributed by atoms with Crippen molar-refractivity contribution in [1.29, 1.82) is 0 Å². The number of carbonyl (C=O) groups excluding carboxylic acids is 1. The van der Waals surface area contributed by atoms with Crippen LogP contribution in [0.1, 0.15) is 11.3 Å². The van der Waals surface area contributed by atoms with Gasteiger partial charge in [-0.25, -0.2) is 33.0 Å². The lowest BCUT2D eigenvalue weighted by Gasteiger charge is -2.11. The number of aromatic nitrogens is 3. The number of fused-ring (bicyclic) bond motifs is 1. The van der Waals surface area contributed by atoms with Crippen molar-refractivity contribution in [2.45, 2.75) is 18.7 Å². The molecule has 0 aliphatic heterocycles. The van der Waals surface area contributed by atoms with E-state index in [1.54, 1.807) is 44.3 Å². The molecule has 4 aromatic rings. The average molecular weight is 454 g/mol. The van der Waals surface area contributed by atoms with E-state index in [2.05, 4.69) is 15.4 Å². The van der Waals surface area contributed by atoms with Crippen molar-refractivity contribution < 1.29 is 22.3 Å². The Labute approximate surface area is 183 Å². The first-order valence-corrected chi connectivity index (χ1v) is 11.4. The summed E-state index contributed by atoms with van der Waals surface area (Å²) in [5.41, 5.74) is 4.90. The van der Waals surface area contributed by atoms with Crippen LogP contribution in [-0.4, -0.2) is 35.4 Å². The highest BCUT2D eigenvalue weighted by Gasteiger charge is 2.15. The van der Waals surface area contributed by atoms with E-state index in [-0.39, 0.29) is 10.6 Å². The van der Waals surface area contributed by atoms with Crippen LogP contribution in [0.25, 0.3) is 22.3 Å². The van der Waals surface area contributed by atoms with E-state index in [1.807, 2.05) is 0 Å². The van der Waals surface area contributed by atoms with Gasteiger partial charge in [0.1, 0.15) is 5.82 Å². The fourth-order valence-corrected chi connectivity index (χ4v) is 3.89. The molecule has 0 aliphatic rings. The van der Waals surface area contributed by atoms with Crippen molar-refractivity contribution in [3.05, 3.63) is 71.9 Å². The van der Waals surface area contributed by atoms with Gasteiger partial charge in [-0.15, -0.1) is 0 Å². The van der Waals surface area contributed by atoms with Crippen molar-refractivity contribution in [3.8, 4) is 17.1 Å². The van der Waals surface area contributed by atoms with Crippen molar-refractivity contribution in [3.63, 3.8) is 0 Å². The van der Waals surface area contributed by atoms with Crippen LogP contribution in [0.4, 0.5) is 9.18 Å². The molecule has 10 heteroatoms. The summed E-state index contributed by atoms with van der Waals surface area (Å²) >= 11 is 0. The number of ether oxygens (including phenoxy) is 1. The summed E-state index contributed by atoms with van der Waals surface area (Å²) in [7, 11) is -3.35. The fourth-order valence-electron chi connectivity index (χ4n) is 3.24. The summed E-state index contributed by atoms with van der Waals surface area (Å²) in [4.78, 5) is 21.1.